The molecule has 6 rings (SSSR count). The molecule has 3 aromatic carbocycles. The summed E-state index contributed by atoms with van der Waals surface area (Å²) < 4.78 is 2.06. The van der Waals surface area contributed by atoms with E-state index in [4.69, 9.17) is 5.10 Å². The van der Waals surface area contributed by atoms with Crippen molar-refractivity contribution < 1.29 is 14.7 Å². The van der Waals surface area contributed by atoms with Crippen LogP contribution in [0.25, 0.3) is 22.2 Å². The van der Waals surface area contributed by atoms with Crippen molar-refractivity contribution in [2.45, 2.75) is 30.2 Å². The normalized spacial score (nSPS) is 13.6. The van der Waals surface area contributed by atoms with E-state index < -0.39 is 0 Å². The van der Waals surface area contributed by atoms with Gasteiger partial charge in [0.05, 0.1) is 23.2 Å². The van der Waals surface area contributed by atoms with E-state index in [0.717, 1.165) is 63.8 Å². The fourth-order valence-corrected chi connectivity index (χ4v) is 6.44. The van der Waals surface area contributed by atoms with Gasteiger partial charge in [0.1, 0.15) is 11.4 Å². The molecule has 0 bridgehead atoms. The van der Waals surface area contributed by atoms with Gasteiger partial charge in [0, 0.05) is 46.1 Å². The van der Waals surface area contributed by atoms with Gasteiger partial charge in [-0.3, -0.25) is 19.2 Å². The van der Waals surface area contributed by atoms with Gasteiger partial charge in [0.15, 0.2) is 0 Å². The number of halogens is 1. The number of imide groups is 1. The number of aromatic nitrogens is 2. The molecule has 1 aromatic heterocycles. The summed E-state index contributed by atoms with van der Waals surface area (Å²) in [5.41, 5.74) is 4.70. The monoisotopic (exact) mass is 607 g/mol. The molecule has 0 atom stereocenters. The Morgan fingerprint density at radius 3 is 2.36 bits per heavy atom. The van der Waals surface area contributed by atoms with Gasteiger partial charge in [-0.15, -0.1) is 17.0 Å². The van der Waals surface area contributed by atoms with Crippen LogP contribution in [0.3, 0.4) is 0 Å². The molecule has 202 valence electrons. The fraction of sp³-hybridized carbons (Fsp3) is 0.276. The number of benzene rings is 3. The van der Waals surface area contributed by atoms with Crippen molar-refractivity contribution >= 4 is 57.1 Å². The molecule has 0 radical (unpaired) electrons. The van der Waals surface area contributed by atoms with Crippen LogP contribution in [-0.2, 0) is 6.54 Å². The van der Waals surface area contributed by atoms with E-state index >= 15 is 0 Å². The zero-order chi connectivity index (χ0) is 26.4. The largest absolute Gasteiger partial charge is 0.508 e. The lowest BCUT2D eigenvalue weighted by atomic mass is 10.1. The molecule has 2 N–H and O–H groups in total. The Morgan fingerprint density at radius 1 is 0.949 bits per heavy atom. The van der Waals surface area contributed by atoms with Gasteiger partial charge in [0.2, 0.25) is 0 Å². The maximum absolute atomic E-state index is 12.8. The third-order valence-electron chi connectivity index (χ3n) is 7.35. The predicted molar refractivity (Wildman–Crippen MR) is 159 cm³/mol. The van der Waals surface area contributed by atoms with Gasteiger partial charge in [0.25, 0.3) is 11.8 Å². The third kappa shape index (κ3) is 4.70. The molecule has 10 heteroatoms. The van der Waals surface area contributed by atoms with E-state index in [9.17, 15) is 14.7 Å². The molecule has 2 amide bonds. The van der Waals surface area contributed by atoms with Gasteiger partial charge in [-0.05, 0) is 55.6 Å². The van der Waals surface area contributed by atoms with Gasteiger partial charge in [-0.2, -0.15) is 5.10 Å². The lowest BCUT2D eigenvalue weighted by molar-refractivity contribution is 0.0660. The number of carbonyl (C=O) groups is 2. The Hall–Kier alpha value is -3.34. The number of nitrogens with one attached hydrogen (secondary N) is 1. The number of fused-ring (bicyclic) bond motifs is 3. The zero-order valence-electron chi connectivity index (χ0n) is 21.8. The summed E-state index contributed by atoms with van der Waals surface area (Å²) in [6, 6.07) is 16.5. The molecule has 2 aliphatic heterocycles. The first-order chi connectivity index (χ1) is 18.5. The number of phenolic OH excluding ortho intramolecular Hbond substituents is 1. The van der Waals surface area contributed by atoms with Crippen molar-refractivity contribution in [3.63, 3.8) is 0 Å². The Kier molecular flexibility index (Phi) is 7.70. The summed E-state index contributed by atoms with van der Waals surface area (Å²) in [5.74, 6) is -0.276. The lowest BCUT2D eigenvalue weighted by Gasteiger charge is -2.20. The molecule has 39 heavy (non-hydrogen) atoms. The number of phenols is 1. The standard InChI is InChI=1S/C29H29N5O3S.BrH/c1-3-32(4-2)15-16-34-23-11-10-22(27-25(23)26(31-34)21-17-18(35)9-12-24(21)38-27)30-13-14-33-28(36)19-7-5-6-8-20(19)29(33)37;/h5-12,17,30,35H,3-4,13-16H2,1-2H3;1H. The Morgan fingerprint density at radius 2 is 1.67 bits per heavy atom. The van der Waals surface area contributed by atoms with E-state index in [1.165, 1.54) is 4.90 Å². The number of likely N-dealkylation sites (N-methyl/N-ethyl adjacent to an activating group) is 1. The highest BCUT2D eigenvalue weighted by atomic mass is 79.9. The van der Waals surface area contributed by atoms with Crippen LogP contribution >= 0.6 is 28.7 Å². The van der Waals surface area contributed by atoms with Crippen molar-refractivity contribution in [3.8, 4) is 17.0 Å². The third-order valence-corrected chi connectivity index (χ3v) is 8.56. The minimum atomic E-state index is -0.246. The van der Waals surface area contributed by atoms with Crippen LogP contribution in [0.15, 0.2) is 64.4 Å². The van der Waals surface area contributed by atoms with E-state index in [1.807, 2.05) is 6.07 Å². The van der Waals surface area contributed by atoms with E-state index in [-0.39, 0.29) is 41.1 Å². The number of nitrogens with zero attached hydrogens (tertiary/aromatic N) is 4. The first-order valence-corrected chi connectivity index (χ1v) is 13.8. The first kappa shape index (κ1) is 27.2. The van der Waals surface area contributed by atoms with Crippen LogP contribution in [0.1, 0.15) is 34.6 Å². The maximum atomic E-state index is 12.8. The van der Waals surface area contributed by atoms with Crippen LogP contribution in [0.5, 0.6) is 5.75 Å². The quantitative estimate of drug-likeness (QED) is 0.214. The first-order valence-electron chi connectivity index (χ1n) is 13.0. The van der Waals surface area contributed by atoms with Crippen molar-refractivity contribution in [1.82, 2.24) is 19.6 Å². The number of hydrogen-bond donors (Lipinski definition) is 2. The fourth-order valence-electron chi connectivity index (χ4n) is 5.27. The summed E-state index contributed by atoms with van der Waals surface area (Å²) in [6.45, 7) is 8.67. The SMILES string of the molecule is Br.CCN(CC)CCn1nc2c3c(c(NCCN4C(=O)c5ccccc5C4=O)ccc31)Sc1ccc(O)cc1-2. The average molecular weight is 609 g/mol. The topological polar surface area (TPSA) is 90.7 Å². The van der Waals surface area contributed by atoms with Crippen molar-refractivity contribution in [2.24, 2.45) is 0 Å². The van der Waals surface area contributed by atoms with Crippen molar-refractivity contribution in [3.05, 3.63) is 65.7 Å². The zero-order valence-corrected chi connectivity index (χ0v) is 24.3. The highest BCUT2D eigenvalue weighted by Crippen LogP contribution is 2.51. The predicted octanol–water partition coefficient (Wildman–Crippen LogP) is 5.50. The molecule has 0 unspecified atom stereocenters. The summed E-state index contributed by atoms with van der Waals surface area (Å²) in [6.07, 6.45) is 0. The Labute approximate surface area is 241 Å². The molecular weight excluding hydrogens is 578 g/mol. The molecule has 8 nitrogen and oxygen atoms in total. The average Bonchev–Trinajstić information content (AvgIpc) is 3.42. The van der Waals surface area contributed by atoms with Crippen molar-refractivity contribution in [2.75, 3.05) is 38.0 Å². The van der Waals surface area contributed by atoms with Crippen LogP contribution < -0.4 is 5.32 Å². The van der Waals surface area contributed by atoms with Gasteiger partial charge in [-0.25, -0.2) is 0 Å². The number of hydrogen-bond acceptors (Lipinski definition) is 7. The summed E-state index contributed by atoms with van der Waals surface area (Å²) in [7, 11) is 0. The van der Waals surface area contributed by atoms with Gasteiger partial charge < -0.3 is 15.3 Å². The number of carbonyl (C=O) groups excluding carboxylic acids is 2. The van der Waals surface area contributed by atoms with E-state index in [2.05, 4.69) is 40.9 Å². The molecule has 4 aromatic rings. The molecule has 0 fully saturated rings. The second-order valence-electron chi connectivity index (χ2n) is 9.45. The van der Waals surface area contributed by atoms with E-state index in [0.29, 0.717) is 17.7 Å². The molecule has 0 saturated carbocycles. The van der Waals surface area contributed by atoms with Crippen LogP contribution in [0, 0.1) is 0 Å². The summed E-state index contributed by atoms with van der Waals surface area (Å²) >= 11 is 1.65. The number of rotatable bonds is 9. The number of amides is 2. The second-order valence-corrected chi connectivity index (χ2v) is 10.5. The second kappa shape index (κ2) is 11.0. The minimum Gasteiger partial charge on any atom is -0.508 e. The minimum absolute atomic E-state index is 0. The highest BCUT2D eigenvalue weighted by molar-refractivity contribution is 8.93. The molecule has 0 saturated heterocycles. The number of anilines is 1. The molecule has 0 spiro atoms. The molecular formula is C29H30BrN5O3S. The summed E-state index contributed by atoms with van der Waals surface area (Å²) in [4.78, 5) is 31.3. The highest BCUT2D eigenvalue weighted by Gasteiger charge is 2.34. The van der Waals surface area contributed by atoms with E-state index in [1.54, 1.807) is 48.2 Å². The molecule has 0 aliphatic carbocycles. The smallest absolute Gasteiger partial charge is 0.261 e. The Bertz CT molecular complexity index is 1550. The van der Waals surface area contributed by atoms with Crippen LogP contribution in [-0.4, -0.2) is 69.2 Å². The molecule has 3 heterocycles. The van der Waals surface area contributed by atoms with Gasteiger partial charge in [-0.1, -0.05) is 37.7 Å². The molecule has 2 aliphatic rings. The Balaban J connectivity index is 0.00000308. The van der Waals surface area contributed by atoms with Gasteiger partial charge >= 0.3 is 0 Å². The van der Waals surface area contributed by atoms with Crippen molar-refractivity contribution in [1.29, 1.82) is 0 Å². The summed E-state index contributed by atoms with van der Waals surface area (Å²) in [5, 5.41) is 19.7. The van der Waals surface area contributed by atoms with Crippen LogP contribution in [0.4, 0.5) is 5.69 Å². The maximum Gasteiger partial charge on any atom is 0.261 e. The lowest BCUT2D eigenvalue weighted by Crippen LogP contribution is -2.34. The number of aromatic hydroxyl groups is 1. The van der Waals surface area contributed by atoms with Crippen LogP contribution in [0.2, 0.25) is 0 Å².